The second-order valence-electron chi connectivity index (χ2n) is 6.90. The smallest absolute Gasteiger partial charge is 0.266 e. The molecule has 0 unspecified atom stereocenters. The largest absolute Gasteiger partial charge is 0.497 e. The van der Waals surface area contributed by atoms with Gasteiger partial charge in [-0.2, -0.15) is 0 Å². The van der Waals surface area contributed by atoms with Gasteiger partial charge in [-0.15, -0.1) is 6.58 Å². The normalized spacial score (nSPS) is 15.1. The number of para-hydroxylation sites is 1. The van der Waals surface area contributed by atoms with Crippen LogP contribution in [0.5, 0.6) is 11.5 Å². The molecule has 2 aromatic carbocycles. The van der Waals surface area contributed by atoms with Gasteiger partial charge in [0.25, 0.3) is 5.91 Å². The molecule has 1 aliphatic rings. The van der Waals surface area contributed by atoms with Crippen LogP contribution in [0.4, 0.5) is 0 Å². The zero-order valence-corrected chi connectivity index (χ0v) is 18.7. The van der Waals surface area contributed by atoms with Gasteiger partial charge in [0.1, 0.15) is 22.4 Å². The van der Waals surface area contributed by atoms with Crippen LogP contribution in [-0.2, 0) is 11.3 Å². The maximum Gasteiger partial charge on any atom is 0.266 e. The molecule has 1 saturated heterocycles. The highest BCUT2D eigenvalue weighted by Crippen LogP contribution is 2.34. The SMILES string of the molecule is C=CCN1C(=O)C(=Cc2cn(CCOc3cccc(OC)c3)c3ccccc23)SC1=S. The monoisotopic (exact) mass is 450 g/mol. The Hall–Kier alpha value is -3.03. The van der Waals surface area contributed by atoms with Crippen molar-refractivity contribution in [2.24, 2.45) is 0 Å². The molecule has 0 spiro atoms. The third-order valence-electron chi connectivity index (χ3n) is 4.93. The maximum atomic E-state index is 12.7. The predicted octanol–water partition coefficient (Wildman–Crippen LogP) is 5.12. The van der Waals surface area contributed by atoms with E-state index in [4.69, 9.17) is 21.7 Å². The third-order valence-corrected chi connectivity index (χ3v) is 6.31. The van der Waals surface area contributed by atoms with Gasteiger partial charge in [-0.3, -0.25) is 9.69 Å². The van der Waals surface area contributed by atoms with Gasteiger partial charge in [-0.25, -0.2) is 0 Å². The molecule has 1 fully saturated rings. The minimum atomic E-state index is -0.0758. The first kappa shape index (κ1) is 21.2. The average molecular weight is 451 g/mol. The Morgan fingerprint density at radius 1 is 1.16 bits per heavy atom. The predicted molar refractivity (Wildman–Crippen MR) is 131 cm³/mol. The first-order valence-electron chi connectivity index (χ1n) is 9.81. The van der Waals surface area contributed by atoms with E-state index in [0.717, 1.165) is 28.0 Å². The van der Waals surface area contributed by atoms with E-state index >= 15 is 0 Å². The minimum Gasteiger partial charge on any atom is -0.497 e. The molecule has 3 aromatic rings. The van der Waals surface area contributed by atoms with Crippen LogP contribution in [0.2, 0.25) is 0 Å². The summed E-state index contributed by atoms with van der Waals surface area (Å²) < 4.78 is 13.9. The molecule has 0 aliphatic carbocycles. The highest BCUT2D eigenvalue weighted by molar-refractivity contribution is 8.26. The highest BCUT2D eigenvalue weighted by atomic mass is 32.2. The standard InChI is InChI=1S/C24H22N2O3S2/c1-3-11-26-23(27)22(31-24(26)30)14-17-16-25(21-10-5-4-9-20(17)21)12-13-29-19-8-6-7-18(15-19)28-2/h3-10,14-16H,1,11-13H2,2H3. The van der Waals surface area contributed by atoms with Crippen molar-refractivity contribution in [1.82, 2.24) is 9.47 Å². The van der Waals surface area contributed by atoms with Crippen molar-refractivity contribution in [2.75, 3.05) is 20.3 Å². The van der Waals surface area contributed by atoms with Crippen LogP contribution < -0.4 is 9.47 Å². The first-order chi connectivity index (χ1) is 15.1. The van der Waals surface area contributed by atoms with Crippen molar-refractivity contribution in [3.05, 3.63) is 77.9 Å². The van der Waals surface area contributed by atoms with E-state index in [2.05, 4.69) is 29.5 Å². The van der Waals surface area contributed by atoms with Gasteiger partial charge in [0.05, 0.1) is 18.6 Å². The quantitative estimate of drug-likeness (QED) is 0.271. The first-order valence-corrected chi connectivity index (χ1v) is 11.0. The van der Waals surface area contributed by atoms with Crippen molar-refractivity contribution in [1.29, 1.82) is 0 Å². The summed E-state index contributed by atoms with van der Waals surface area (Å²) >= 11 is 6.68. The van der Waals surface area contributed by atoms with Crippen molar-refractivity contribution in [3.8, 4) is 11.5 Å². The topological polar surface area (TPSA) is 43.7 Å². The number of thiocarbonyl (C=S) groups is 1. The molecule has 158 valence electrons. The Balaban J connectivity index is 1.56. The lowest BCUT2D eigenvalue weighted by molar-refractivity contribution is -0.121. The van der Waals surface area contributed by atoms with Gasteiger partial charge in [-0.05, 0) is 24.3 Å². The number of hydrogen-bond acceptors (Lipinski definition) is 5. The number of benzene rings is 2. The number of rotatable bonds is 8. The fourth-order valence-electron chi connectivity index (χ4n) is 3.46. The van der Waals surface area contributed by atoms with Crippen molar-refractivity contribution >= 4 is 51.2 Å². The van der Waals surface area contributed by atoms with Crippen LogP contribution >= 0.6 is 24.0 Å². The molecule has 0 atom stereocenters. The summed E-state index contributed by atoms with van der Waals surface area (Å²) in [6, 6.07) is 15.7. The Labute approximate surface area is 190 Å². The van der Waals surface area contributed by atoms with E-state index in [0.29, 0.717) is 28.9 Å². The van der Waals surface area contributed by atoms with Crippen LogP contribution in [0.3, 0.4) is 0 Å². The summed E-state index contributed by atoms with van der Waals surface area (Å²) in [5.74, 6) is 1.45. The third kappa shape index (κ3) is 4.52. The van der Waals surface area contributed by atoms with Crippen LogP contribution in [0.1, 0.15) is 5.56 Å². The summed E-state index contributed by atoms with van der Waals surface area (Å²) in [5.41, 5.74) is 2.07. The van der Waals surface area contributed by atoms with Gasteiger partial charge in [-0.1, -0.05) is 54.3 Å². The molecule has 4 rings (SSSR count). The molecule has 5 nitrogen and oxygen atoms in total. The lowest BCUT2D eigenvalue weighted by atomic mass is 10.1. The molecule has 0 bridgehead atoms. The van der Waals surface area contributed by atoms with Crippen LogP contribution in [0, 0.1) is 0 Å². The van der Waals surface area contributed by atoms with Gasteiger partial charge in [0, 0.05) is 35.3 Å². The number of carbonyl (C=O) groups excluding carboxylic acids is 1. The van der Waals surface area contributed by atoms with Crippen molar-refractivity contribution < 1.29 is 14.3 Å². The Kier molecular flexibility index (Phi) is 6.44. The molecule has 0 saturated carbocycles. The van der Waals surface area contributed by atoms with E-state index in [-0.39, 0.29) is 5.91 Å². The van der Waals surface area contributed by atoms with Gasteiger partial charge in [0.2, 0.25) is 0 Å². The zero-order chi connectivity index (χ0) is 21.8. The van der Waals surface area contributed by atoms with E-state index in [9.17, 15) is 4.79 Å². The summed E-state index contributed by atoms with van der Waals surface area (Å²) in [7, 11) is 1.64. The summed E-state index contributed by atoms with van der Waals surface area (Å²) in [6.45, 7) is 5.30. The summed E-state index contributed by atoms with van der Waals surface area (Å²) in [5, 5.41) is 1.08. The second kappa shape index (κ2) is 9.41. The molecule has 1 amide bonds. The van der Waals surface area contributed by atoms with Crippen LogP contribution in [-0.4, -0.2) is 40.0 Å². The van der Waals surface area contributed by atoms with Crippen LogP contribution in [0.25, 0.3) is 17.0 Å². The number of fused-ring (bicyclic) bond motifs is 1. The Morgan fingerprint density at radius 2 is 1.97 bits per heavy atom. The number of carbonyl (C=O) groups is 1. The van der Waals surface area contributed by atoms with Crippen molar-refractivity contribution in [2.45, 2.75) is 6.54 Å². The minimum absolute atomic E-state index is 0.0758. The number of aromatic nitrogens is 1. The fraction of sp³-hybridized carbons (Fsp3) is 0.167. The van der Waals surface area contributed by atoms with E-state index in [1.165, 1.54) is 11.8 Å². The lowest BCUT2D eigenvalue weighted by Crippen LogP contribution is -2.27. The Bertz CT molecular complexity index is 1180. The van der Waals surface area contributed by atoms with Crippen LogP contribution in [0.15, 0.2) is 72.3 Å². The zero-order valence-electron chi connectivity index (χ0n) is 17.1. The molecule has 0 N–H and O–H groups in total. The summed E-state index contributed by atoms with van der Waals surface area (Å²) in [4.78, 5) is 14.9. The van der Waals surface area contributed by atoms with Crippen molar-refractivity contribution in [3.63, 3.8) is 0 Å². The average Bonchev–Trinajstić information content (AvgIpc) is 3.26. The lowest BCUT2D eigenvalue weighted by Gasteiger charge is -2.10. The fourth-order valence-corrected chi connectivity index (χ4v) is 4.72. The molecule has 31 heavy (non-hydrogen) atoms. The number of thioether (sulfide) groups is 1. The number of amides is 1. The molecular formula is C24H22N2O3S2. The van der Waals surface area contributed by atoms with E-state index in [1.54, 1.807) is 18.1 Å². The van der Waals surface area contributed by atoms with Gasteiger partial charge < -0.3 is 14.0 Å². The van der Waals surface area contributed by atoms with Gasteiger partial charge >= 0.3 is 0 Å². The molecule has 2 heterocycles. The summed E-state index contributed by atoms with van der Waals surface area (Å²) in [6.07, 6.45) is 5.66. The number of methoxy groups -OCH3 is 1. The Morgan fingerprint density at radius 3 is 2.77 bits per heavy atom. The van der Waals surface area contributed by atoms with E-state index < -0.39 is 0 Å². The molecule has 7 heteroatoms. The molecule has 1 aliphatic heterocycles. The van der Waals surface area contributed by atoms with Gasteiger partial charge in [0.15, 0.2) is 0 Å². The number of hydrogen-bond donors (Lipinski definition) is 0. The number of nitrogens with zero attached hydrogens (tertiary/aromatic N) is 2. The second-order valence-corrected chi connectivity index (χ2v) is 8.58. The molecular weight excluding hydrogens is 428 g/mol. The molecule has 1 aromatic heterocycles. The number of ether oxygens (including phenoxy) is 2. The highest BCUT2D eigenvalue weighted by Gasteiger charge is 2.31. The van der Waals surface area contributed by atoms with E-state index in [1.807, 2.05) is 42.5 Å². The maximum absolute atomic E-state index is 12.7. The molecule has 0 radical (unpaired) electrons.